The van der Waals surface area contributed by atoms with Crippen molar-refractivity contribution < 1.29 is 24.5 Å². The molecule has 0 aromatic carbocycles. The van der Waals surface area contributed by atoms with Crippen molar-refractivity contribution in [3.05, 3.63) is 21.3 Å². The fourth-order valence-corrected chi connectivity index (χ4v) is 4.66. The Kier molecular flexibility index (Phi) is 6.89. The first-order chi connectivity index (χ1) is 13.9. The van der Waals surface area contributed by atoms with Gasteiger partial charge in [-0.3, -0.25) is 4.79 Å². The minimum atomic E-state index is -1.11. The van der Waals surface area contributed by atoms with Crippen LogP contribution in [0.4, 0.5) is 5.13 Å². The molecule has 0 bridgehead atoms. The summed E-state index contributed by atoms with van der Waals surface area (Å²) in [5, 5.41) is 22.5. The lowest BCUT2D eigenvalue weighted by Gasteiger charge is -2.37. The molecule has 2 aliphatic rings. The van der Waals surface area contributed by atoms with Gasteiger partial charge in [0.2, 0.25) is 0 Å². The SMILES string of the molecule is CCC1=C(Cl)N=C(C(=O)N[C@@H]2CCN(c3nc(CO)c(C(=O)O)s3)C[C@@H]2OC)C1. The zero-order valence-electron chi connectivity index (χ0n) is 16.1. The molecule has 0 radical (unpaired) electrons. The second-order valence-electron chi connectivity index (χ2n) is 6.81. The van der Waals surface area contributed by atoms with Gasteiger partial charge in [0.05, 0.1) is 24.4 Å². The third-order valence-corrected chi connectivity index (χ3v) is 6.57. The van der Waals surface area contributed by atoms with Crippen LogP contribution in [0.25, 0.3) is 0 Å². The molecule has 0 saturated carbocycles. The topological polar surface area (TPSA) is 124 Å². The van der Waals surface area contributed by atoms with Crippen LogP contribution in [-0.4, -0.2) is 65.1 Å². The summed E-state index contributed by atoms with van der Waals surface area (Å²) in [6.45, 7) is 2.54. The maximum Gasteiger partial charge on any atom is 0.347 e. The molecule has 1 saturated heterocycles. The molecule has 9 nitrogen and oxygen atoms in total. The van der Waals surface area contributed by atoms with Crippen molar-refractivity contribution in [1.29, 1.82) is 0 Å². The number of aliphatic hydroxyl groups excluding tert-OH is 1. The third-order valence-electron chi connectivity index (χ3n) is 5.07. The molecule has 0 unspecified atom stereocenters. The van der Waals surface area contributed by atoms with Crippen LogP contribution >= 0.6 is 22.9 Å². The predicted molar refractivity (Wildman–Crippen MR) is 110 cm³/mol. The summed E-state index contributed by atoms with van der Waals surface area (Å²) in [5.41, 5.74) is 1.51. The van der Waals surface area contributed by atoms with E-state index in [0.29, 0.717) is 41.9 Å². The second kappa shape index (κ2) is 9.21. The number of thiazole rings is 1. The highest BCUT2D eigenvalue weighted by molar-refractivity contribution is 7.17. The molecule has 29 heavy (non-hydrogen) atoms. The summed E-state index contributed by atoms with van der Waals surface area (Å²) in [4.78, 5) is 34.3. The van der Waals surface area contributed by atoms with Gasteiger partial charge in [0.15, 0.2) is 5.13 Å². The Hall–Kier alpha value is -2.01. The van der Waals surface area contributed by atoms with Crippen LogP contribution < -0.4 is 10.2 Å². The number of allylic oxidation sites excluding steroid dienone is 1. The van der Waals surface area contributed by atoms with Gasteiger partial charge in [0.25, 0.3) is 5.91 Å². The van der Waals surface area contributed by atoms with Gasteiger partial charge in [-0.05, 0) is 18.4 Å². The lowest BCUT2D eigenvalue weighted by Crippen LogP contribution is -2.55. The molecular formula is C18H23ClN4O5S. The maximum atomic E-state index is 12.6. The van der Waals surface area contributed by atoms with Crippen LogP contribution in [0.1, 0.15) is 41.6 Å². The number of carboxylic acids is 1. The largest absolute Gasteiger partial charge is 0.477 e. The Morgan fingerprint density at radius 3 is 2.76 bits per heavy atom. The number of nitrogens with one attached hydrogen (secondary N) is 1. The molecule has 3 heterocycles. The number of aromatic nitrogens is 1. The van der Waals surface area contributed by atoms with Crippen molar-refractivity contribution in [3.8, 4) is 0 Å². The van der Waals surface area contributed by atoms with Gasteiger partial charge in [-0.15, -0.1) is 0 Å². The van der Waals surface area contributed by atoms with E-state index in [2.05, 4.69) is 15.3 Å². The number of aliphatic imine (C=N–C) groups is 1. The van der Waals surface area contributed by atoms with E-state index in [1.165, 1.54) is 0 Å². The molecule has 11 heteroatoms. The first kappa shape index (κ1) is 21.7. The number of aliphatic hydroxyl groups is 1. The number of hydrogen-bond donors (Lipinski definition) is 3. The second-order valence-corrected chi connectivity index (χ2v) is 8.14. The molecule has 1 aromatic rings. The maximum absolute atomic E-state index is 12.6. The van der Waals surface area contributed by atoms with Gasteiger partial charge >= 0.3 is 5.97 Å². The zero-order chi connectivity index (χ0) is 21.1. The van der Waals surface area contributed by atoms with Gasteiger partial charge in [-0.25, -0.2) is 14.8 Å². The number of carboxylic acid groups (broad SMARTS) is 1. The van der Waals surface area contributed by atoms with Crippen molar-refractivity contribution in [1.82, 2.24) is 10.3 Å². The highest BCUT2D eigenvalue weighted by Crippen LogP contribution is 2.30. The van der Waals surface area contributed by atoms with Crippen molar-refractivity contribution >= 4 is 45.7 Å². The lowest BCUT2D eigenvalue weighted by molar-refractivity contribution is -0.116. The summed E-state index contributed by atoms with van der Waals surface area (Å²) in [6, 6.07) is -0.216. The Labute approximate surface area is 177 Å². The summed E-state index contributed by atoms with van der Waals surface area (Å²) in [5.74, 6) is -1.36. The Morgan fingerprint density at radius 1 is 1.45 bits per heavy atom. The zero-order valence-corrected chi connectivity index (χ0v) is 17.7. The van der Waals surface area contributed by atoms with Crippen molar-refractivity contribution in [2.45, 2.75) is 44.9 Å². The number of hydrogen-bond acceptors (Lipinski definition) is 8. The van der Waals surface area contributed by atoms with Gasteiger partial charge < -0.3 is 25.2 Å². The molecule has 2 atom stereocenters. The Bertz CT molecular complexity index is 868. The summed E-state index contributed by atoms with van der Waals surface area (Å²) in [6.07, 6.45) is 1.49. The molecule has 1 fully saturated rings. The van der Waals surface area contributed by atoms with Crippen LogP contribution in [0.15, 0.2) is 15.7 Å². The standard InChI is InChI=1S/C18H23ClN4O5S/c1-3-9-6-11(20-15(9)19)16(25)21-10-4-5-23(7-13(10)28-2)18-22-12(8-24)14(29-18)17(26)27/h10,13,24H,3-8H2,1-2H3,(H,21,25)(H,26,27)/t10-,13+/m1/s1. The van der Waals surface area contributed by atoms with Crippen molar-refractivity contribution in [2.24, 2.45) is 4.99 Å². The summed E-state index contributed by atoms with van der Waals surface area (Å²) < 4.78 is 5.57. The summed E-state index contributed by atoms with van der Waals surface area (Å²) in [7, 11) is 1.57. The predicted octanol–water partition coefficient (Wildman–Crippen LogP) is 1.75. The van der Waals surface area contributed by atoms with E-state index in [1.54, 1.807) is 7.11 Å². The molecular weight excluding hydrogens is 420 g/mol. The van der Waals surface area contributed by atoms with Crippen LogP contribution in [0, 0.1) is 0 Å². The van der Waals surface area contributed by atoms with Crippen LogP contribution in [0.5, 0.6) is 0 Å². The highest BCUT2D eigenvalue weighted by atomic mass is 35.5. The number of carbonyl (C=O) groups is 2. The van der Waals surface area contributed by atoms with Gasteiger partial charge in [-0.2, -0.15) is 0 Å². The molecule has 158 valence electrons. The number of amides is 1. The van der Waals surface area contributed by atoms with E-state index in [9.17, 15) is 19.8 Å². The number of ether oxygens (including phenoxy) is 1. The number of rotatable bonds is 7. The normalized spacial score (nSPS) is 22.1. The average molecular weight is 443 g/mol. The highest BCUT2D eigenvalue weighted by Gasteiger charge is 2.34. The lowest BCUT2D eigenvalue weighted by atomic mass is 10.0. The van der Waals surface area contributed by atoms with E-state index in [1.807, 2.05) is 11.8 Å². The van der Waals surface area contributed by atoms with E-state index in [0.717, 1.165) is 23.3 Å². The van der Waals surface area contributed by atoms with Crippen molar-refractivity contribution in [2.75, 3.05) is 25.1 Å². The third kappa shape index (κ3) is 4.61. The number of methoxy groups -OCH3 is 1. The van der Waals surface area contributed by atoms with Crippen LogP contribution in [0.3, 0.4) is 0 Å². The Morgan fingerprint density at radius 2 is 2.21 bits per heavy atom. The molecule has 3 rings (SSSR count). The van der Waals surface area contributed by atoms with Gasteiger partial charge in [-0.1, -0.05) is 29.9 Å². The fraction of sp³-hybridized carbons (Fsp3) is 0.556. The Balaban J connectivity index is 1.65. The van der Waals surface area contributed by atoms with E-state index in [-0.39, 0.29) is 28.6 Å². The van der Waals surface area contributed by atoms with Crippen LogP contribution in [-0.2, 0) is 16.1 Å². The van der Waals surface area contributed by atoms with E-state index in [4.69, 9.17) is 16.3 Å². The minimum absolute atomic E-state index is 0.0299. The molecule has 0 spiro atoms. The van der Waals surface area contributed by atoms with E-state index < -0.39 is 12.6 Å². The van der Waals surface area contributed by atoms with Gasteiger partial charge in [0, 0.05) is 26.6 Å². The van der Waals surface area contributed by atoms with Crippen molar-refractivity contribution in [3.63, 3.8) is 0 Å². The molecule has 0 aliphatic carbocycles. The monoisotopic (exact) mass is 442 g/mol. The number of nitrogens with zero attached hydrogens (tertiary/aromatic N) is 3. The number of anilines is 1. The first-order valence-corrected chi connectivity index (χ1v) is 10.4. The van der Waals surface area contributed by atoms with E-state index >= 15 is 0 Å². The smallest absolute Gasteiger partial charge is 0.347 e. The van der Waals surface area contributed by atoms with Gasteiger partial charge in [0.1, 0.15) is 15.7 Å². The minimum Gasteiger partial charge on any atom is -0.477 e. The summed E-state index contributed by atoms with van der Waals surface area (Å²) >= 11 is 7.09. The molecule has 2 aliphatic heterocycles. The quantitative estimate of drug-likeness (QED) is 0.549. The number of carbonyl (C=O) groups excluding carboxylic acids is 1. The fourth-order valence-electron chi connectivity index (χ4n) is 3.41. The van der Waals surface area contributed by atoms with Crippen LogP contribution in [0.2, 0.25) is 0 Å². The first-order valence-electron chi connectivity index (χ1n) is 9.25. The molecule has 1 amide bonds. The number of piperidine rings is 1. The molecule has 1 aromatic heterocycles. The number of halogens is 1. The average Bonchev–Trinajstić information content (AvgIpc) is 3.31. The number of aromatic carboxylic acids is 1. The molecule has 3 N–H and O–H groups in total.